The zero-order chi connectivity index (χ0) is 13.2. The molecule has 0 amide bonds. The van der Waals surface area contributed by atoms with E-state index in [0.717, 1.165) is 32.8 Å². The molecule has 0 unspecified atom stereocenters. The van der Waals surface area contributed by atoms with Gasteiger partial charge >= 0.3 is 0 Å². The molecular formula is C15H21N3O. The molecule has 2 aromatic rings. The number of nitrogens with two attached hydrogens (primary N) is 1. The third-order valence-corrected chi connectivity index (χ3v) is 3.93. The number of ether oxygens (including phenoxy) is 1. The molecule has 1 aromatic carbocycles. The Morgan fingerprint density at radius 2 is 2.00 bits per heavy atom. The van der Waals surface area contributed by atoms with Crippen LogP contribution in [0, 0.1) is 0 Å². The predicted octanol–water partition coefficient (Wildman–Crippen LogP) is 1.47. The molecule has 0 radical (unpaired) electrons. The maximum atomic E-state index is 5.72. The Bertz CT molecular complexity index is 570. The molecule has 0 saturated carbocycles. The van der Waals surface area contributed by atoms with Gasteiger partial charge in [-0.1, -0.05) is 12.1 Å². The van der Waals surface area contributed by atoms with E-state index in [0.29, 0.717) is 6.54 Å². The van der Waals surface area contributed by atoms with Gasteiger partial charge < -0.3 is 15.0 Å². The number of rotatable bonds is 3. The van der Waals surface area contributed by atoms with E-state index >= 15 is 0 Å². The summed E-state index contributed by atoms with van der Waals surface area (Å²) < 4.78 is 7.68. The summed E-state index contributed by atoms with van der Waals surface area (Å²) in [4.78, 5) is 2.45. The lowest BCUT2D eigenvalue weighted by molar-refractivity contribution is 0.0333. The van der Waals surface area contributed by atoms with Gasteiger partial charge in [0.25, 0.3) is 0 Å². The number of aromatic nitrogens is 1. The molecule has 1 fully saturated rings. The van der Waals surface area contributed by atoms with Crippen molar-refractivity contribution in [1.29, 1.82) is 0 Å². The summed E-state index contributed by atoms with van der Waals surface area (Å²) in [6, 6.07) is 8.75. The topological polar surface area (TPSA) is 43.4 Å². The second-order valence-corrected chi connectivity index (χ2v) is 5.18. The summed E-state index contributed by atoms with van der Waals surface area (Å²) in [5.41, 5.74) is 9.52. The van der Waals surface area contributed by atoms with E-state index in [9.17, 15) is 0 Å². The van der Waals surface area contributed by atoms with Crippen LogP contribution in [0.2, 0.25) is 0 Å². The van der Waals surface area contributed by atoms with Crippen molar-refractivity contribution < 1.29 is 4.74 Å². The molecule has 3 rings (SSSR count). The first kappa shape index (κ1) is 12.7. The van der Waals surface area contributed by atoms with Gasteiger partial charge in [0.2, 0.25) is 0 Å². The van der Waals surface area contributed by atoms with Crippen LogP contribution in [0.15, 0.2) is 24.3 Å². The highest BCUT2D eigenvalue weighted by Gasteiger charge is 2.13. The summed E-state index contributed by atoms with van der Waals surface area (Å²) in [6.45, 7) is 5.33. The second-order valence-electron chi connectivity index (χ2n) is 5.18. The first-order chi connectivity index (χ1) is 9.28. The van der Waals surface area contributed by atoms with Crippen LogP contribution in [0.5, 0.6) is 0 Å². The minimum atomic E-state index is 0.597. The van der Waals surface area contributed by atoms with Crippen molar-refractivity contribution in [2.45, 2.75) is 13.1 Å². The Labute approximate surface area is 113 Å². The van der Waals surface area contributed by atoms with Gasteiger partial charge in [-0.05, 0) is 23.1 Å². The second kappa shape index (κ2) is 5.33. The van der Waals surface area contributed by atoms with Crippen molar-refractivity contribution >= 4 is 10.9 Å². The lowest BCUT2D eigenvalue weighted by atomic mass is 10.1. The van der Waals surface area contributed by atoms with Crippen LogP contribution in [0.25, 0.3) is 10.9 Å². The molecule has 2 heterocycles. The van der Waals surface area contributed by atoms with Crippen LogP contribution in [-0.4, -0.2) is 35.8 Å². The third-order valence-electron chi connectivity index (χ3n) is 3.93. The van der Waals surface area contributed by atoms with Gasteiger partial charge in [0.15, 0.2) is 0 Å². The van der Waals surface area contributed by atoms with Crippen LogP contribution in [-0.2, 0) is 24.9 Å². The van der Waals surface area contributed by atoms with Crippen molar-refractivity contribution in [3.8, 4) is 0 Å². The van der Waals surface area contributed by atoms with E-state index in [1.165, 1.54) is 22.2 Å². The number of hydrogen-bond donors (Lipinski definition) is 1. The van der Waals surface area contributed by atoms with Crippen LogP contribution >= 0.6 is 0 Å². The summed E-state index contributed by atoms with van der Waals surface area (Å²) in [5, 5.41) is 1.29. The Kier molecular flexibility index (Phi) is 3.55. The zero-order valence-electron chi connectivity index (χ0n) is 11.4. The lowest BCUT2D eigenvalue weighted by Gasteiger charge is -2.26. The Morgan fingerprint density at radius 3 is 2.74 bits per heavy atom. The van der Waals surface area contributed by atoms with Gasteiger partial charge in [-0.3, -0.25) is 4.90 Å². The van der Waals surface area contributed by atoms with Gasteiger partial charge in [0.05, 0.1) is 13.2 Å². The lowest BCUT2D eigenvalue weighted by Crippen LogP contribution is -2.36. The highest BCUT2D eigenvalue weighted by Crippen LogP contribution is 2.21. The van der Waals surface area contributed by atoms with E-state index in [-0.39, 0.29) is 0 Å². The Hall–Kier alpha value is -1.36. The number of aryl methyl sites for hydroxylation is 1. The fourth-order valence-corrected chi connectivity index (χ4v) is 2.70. The van der Waals surface area contributed by atoms with Gasteiger partial charge in [-0.15, -0.1) is 0 Å². The highest BCUT2D eigenvalue weighted by atomic mass is 16.5. The molecule has 0 bridgehead atoms. The van der Waals surface area contributed by atoms with Crippen molar-refractivity contribution in [3.63, 3.8) is 0 Å². The van der Waals surface area contributed by atoms with Gasteiger partial charge in [0, 0.05) is 44.4 Å². The standard InChI is InChI=1S/C15H21N3O/c1-17-14(11-18-4-6-19-7-5-18)9-13-3-2-12(10-16)8-15(13)17/h2-3,8-9H,4-7,10-11,16H2,1H3. The molecule has 1 aliphatic heterocycles. The van der Waals surface area contributed by atoms with E-state index in [1.807, 2.05) is 0 Å². The molecule has 1 saturated heterocycles. The minimum Gasteiger partial charge on any atom is -0.379 e. The van der Waals surface area contributed by atoms with Gasteiger partial charge in [0.1, 0.15) is 0 Å². The summed E-state index contributed by atoms with van der Waals surface area (Å²) in [6.07, 6.45) is 0. The van der Waals surface area contributed by atoms with Gasteiger partial charge in [-0.2, -0.15) is 0 Å². The fraction of sp³-hybridized carbons (Fsp3) is 0.467. The molecule has 1 aliphatic rings. The van der Waals surface area contributed by atoms with Crippen molar-refractivity contribution in [2.24, 2.45) is 12.8 Å². The maximum Gasteiger partial charge on any atom is 0.0594 e. The van der Waals surface area contributed by atoms with E-state index < -0.39 is 0 Å². The first-order valence-corrected chi connectivity index (χ1v) is 6.85. The maximum absolute atomic E-state index is 5.72. The molecule has 19 heavy (non-hydrogen) atoms. The summed E-state index contributed by atoms with van der Waals surface area (Å²) in [7, 11) is 2.14. The first-order valence-electron chi connectivity index (χ1n) is 6.85. The molecule has 2 N–H and O–H groups in total. The quantitative estimate of drug-likeness (QED) is 0.907. The molecule has 1 aromatic heterocycles. The minimum absolute atomic E-state index is 0.597. The molecule has 4 nitrogen and oxygen atoms in total. The Balaban J connectivity index is 1.88. The molecular weight excluding hydrogens is 238 g/mol. The summed E-state index contributed by atoms with van der Waals surface area (Å²) in [5.74, 6) is 0. The number of fused-ring (bicyclic) bond motifs is 1. The number of hydrogen-bond acceptors (Lipinski definition) is 3. The normalized spacial score (nSPS) is 17.2. The molecule has 0 atom stereocenters. The van der Waals surface area contributed by atoms with Crippen molar-refractivity contribution in [1.82, 2.24) is 9.47 Å². The SMILES string of the molecule is Cn1c(CN2CCOCC2)cc2ccc(CN)cc21. The zero-order valence-corrected chi connectivity index (χ0v) is 11.4. The van der Waals surface area contributed by atoms with Crippen LogP contribution in [0.4, 0.5) is 0 Å². The average Bonchev–Trinajstić information content (AvgIpc) is 2.76. The molecule has 0 aliphatic carbocycles. The van der Waals surface area contributed by atoms with Crippen molar-refractivity contribution in [3.05, 3.63) is 35.5 Å². The molecule has 0 spiro atoms. The number of benzene rings is 1. The van der Waals surface area contributed by atoms with Crippen LogP contribution < -0.4 is 5.73 Å². The van der Waals surface area contributed by atoms with Crippen LogP contribution in [0.3, 0.4) is 0 Å². The number of morpholine rings is 1. The largest absolute Gasteiger partial charge is 0.379 e. The predicted molar refractivity (Wildman–Crippen MR) is 76.9 cm³/mol. The van der Waals surface area contributed by atoms with Crippen molar-refractivity contribution in [2.75, 3.05) is 26.3 Å². The smallest absolute Gasteiger partial charge is 0.0594 e. The third kappa shape index (κ3) is 2.52. The van der Waals surface area contributed by atoms with E-state index in [4.69, 9.17) is 10.5 Å². The average molecular weight is 259 g/mol. The number of nitrogens with zero attached hydrogens (tertiary/aromatic N) is 2. The monoisotopic (exact) mass is 259 g/mol. The highest BCUT2D eigenvalue weighted by molar-refractivity contribution is 5.82. The summed E-state index contributed by atoms with van der Waals surface area (Å²) >= 11 is 0. The van der Waals surface area contributed by atoms with E-state index in [1.54, 1.807) is 0 Å². The van der Waals surface area contributed by atoms with Crippen LogP contribution in [0.1, 0.15) is 11.3 Å². The fourth-order valence-electron chi connectivity index (χ4n) is 2.70. The van der Waals surface area contributed by atoms with Gasteiger partial charge in [-0.25, -0.2) is 0 Å². The van der Waals surface area contributed by atoms with E-state index in [2.05, 4.69) is 40.8 Å². The molecule has 102 valence electrons. The Morgan fingerprint density at radius 1 is 1.21 bits per heavy atom. The molecule has 4 heteroatoms.